The number of rotatable bonds is 3. The van der Waals surface area contributed by atoms with Crippen LogP contribution in [0.4, 0.5) is 21.5 Å². The maximum absolute atomic E-state index is 13.3. The average molecular weight is 365 g/mol. The van der Waals surface area contributed by atoms with Crippen molar-refractivity contribution in [1.82, 2.24) is 0 Å². The molecule has 5 nitrogen and oxygen atoms in total. The number of amides is 2. The second-order valence-electron chi connectivity index (χ2n) is 6.97. The normalized spacial score (nSPS) is 18.4. The van der Waals surface area contributed by atoms with Crippen molar-refractivity contribution < 1.29 is 14.0 Å². The van der Waals surface area contributed by atoms with E-state index >= 15 is 0 Å². The van der Waals surface area contributed by atoms with E-state index in [0.717, 1.165) is 30.7 Å². The van der Waals surface area contributed by atoms with E-state index in [1.54, 1.807) is 6.92 Å². The van der Waals surface area contributed by atoms with Crippen molar-refractivity contribution in [3.8, 4) is 0 Å². The highest BCUT2D eigenvalue weighted by Gasteiger charge is 2.37. The van der Waals surface area contributed by atoms with E-state index in [-0.39, 0.29) is 30.1 Å². The lowest BCUT2D eigenvalue weighted by atomic mass is 10.1. The number of hydrogen-bond acceptors (Lipinski definition) is 3. The number of hydrogen-bond donors (Lipinski definition) is 1. The van der Waals surface area contributed by atoms with Gasteiger partial charge >= 0.3 is 0 Å². The van der Waals surface area contributed by atoms with Gasteiger partial charge in [-0.15, -0.1) is 0 Å². The summed E-state index contributed by atoms with van der Waals surface area (Å²) in [6.45, 7) is 1.62. The van der Waals surface area contributed by atoms with Crippen molar-refractivity contribution in [2.24, 2.45) is 10.9 Å². The first-order valence-electron chi connectivity index (χ1n) is 9.07. The molecule has 0 unspecified atom stereocenters. The van der Waals surface area contributed by atoms with Crippen LogP contribution in [0.3, 0.4) is 0 Å². The summed E-state index contributed by atoms with van der Waals surface area (Å²) in [4.78, 5) is 32.0. The van der Waals surface area contributed by atoms with Crippen LogP contribution < -0.4 is 10.2 Å². The monoisotopic (exact) mass is 365 g/mol. The average Bonchev–Trinajstić information content (AvgIpc) is 3.06. The first kappa shape index (κ1) is 17.4. The van der Waals surface area contributed by atoms with Gasteiger partial charge in [0.25, 0.3) is 0 Å². The van der Waals surface area contributed by atoms with Crippen LogP contribution in [0.2, 0.25) is 0 Å². The standard InChI is InChI=1S/C21H20FN3O2/c1-13-11-14(22)9-10-16(13)24-20(26)12-25-19-8-3-2-6-18(19)23-17-7-4-5-15(17)21(25)27/h2-3,6,8-11,15H,4-5,7,12H2,1H3,(H,24,26)/t15-/m0/s1. The Morgan fingerprint density at radius 3 is 2.93 bits per heavy atom. The van der Waals surface area contributed by atoms with Crippen LogP contribution in [-0.2, 0) is 9.59 Å². The maximum Gasteiger partial charge on any atom is 0.244 e. The fraction of sp³-hybridized carbons (Fsp3) is 0.286. The molecule has 0 radical (unpaired) electrons. The summed E-state index contributed by atoms with van der Waals surface area (Å²) in [5.74, 6) is -1.01. The van der Waals surface area contributed by atoms with Crippen molar-refractivity contribution >= 4 is 34.6 Å². The molecule has 4 rings (SSSR count). The van der Waals surface area contributed by atoms with Crippen molar-refractivity contribution in [1.29, 1.82) is 0 Å². The Bertz CT molecular complexity index is 954. The first-order valence-corrected chi connectivity index (χ1v) is 9.07. The van der Waals surface area contributed by atoms with E-state index in [1.165, 1.54) is 23.1 Å². The van der Waals surface area contributed by atoms with Crippen molar-refractivity contribution in [3.05, 3.63) is 53.8 Å². The van der Waals surface area contributed by atoms with Gasteiger partial charge in [0.1, 0.15) is 12.4 Å². The van der Waals surface area contributed by atoms with E-state index in [1.807, 2.05) is 24.3 Å². The summed E-state index contributed by atoms with van der Waals surface area (Å²) < 4.78 is 13.3. The Morgan fingerprint density at radius 2 is 2.11 bits per heavy atom. The van der Waals surface area contributed by atoms with E-state index < -0.39 is 0 Å². The van der Waals surface area contributed by atoms with E-state index in [0.29, 0.717) is 16.9 Å². The van der Waals surface area contributed by atoms with Crippen LogP contribution >= 0.6 is 0 Å². The topological polar surface area (TPSA) is 61.8 Å². The molecule has 27 heavy (non-hydrogen) atoms. The number of nitrogens with one attached hydrogen (secondary N) is 1. The first-order chi connectivity index (χ1) is 13.0. The van der Waals surface area contributed by atoms with Gasteiger partial charge in [0, 0.05) is 11.4 Å². The van der Waals surface area contributed by atoms with Crippen LogP contribution in [0.1, 0.15) is 24.8 Å². The van der Waals surface area contributed by atoms with Gasteiger partial charge < -0.3 is 10.2 Å². The van der Waals surface area contributed by atoms with E-state index in [9.17, 15) is 14.0 Å². The van der Waals surface area contributed by atoms with Gasteiger partial charge in [-0.25, -0.2) is 4.39 Å². The Hall–Kier alpha value is -3.02. The highest BCUT2D eigenvalue weighted by Crippen LogP contribution is 2.37. The third kappa shape index (κ3) is 3.35. The summed E-state index contributed by atoms with van der Waals surface area (Å²) >= 11 is 0. The third-order valence-corrected chi connectivity index (χ3v) is 5.09. The molecular weight excluding hydrogens is 345 g/mol. The van der Waals surface area contributed by atoms with Crippen LogP contribution in [0.5, 0.6) is 0 Å². The molecule has 1 heterocycles. The fourth-order valence-electron chi connectivity index (χ4n) is 3.74. The van der Waals surface area contributed by atoms with E-state index in [2.05, 4.69) is 5.32 Å². The smallest absolute Gasteiger partial charge is 0.244 e. The summed E-state index contributed by atoms with van der Waals surface area (Å²) in [5.41, 5.74) is 3.44. The minimum absolute atomic E-state index is 0.0813. The fourth-order valence-corrected chi connectivity index (χ4v) is 3.74. The van der Waals surface area contributed by atoms with Gasteiger partial charge in [-0.1, -0.05) is 12.1 Å². The summed E-state index contributed by atoms with van der Waals surface area (Å²) in [5, 5.41) is 2.78. The number of fused-ring (bicyclic) bond motifs is 2. The molecule has 1 N–H and O–H groups in total. The van der Waals surface area contributed by atoms with Gasteiger partial charge in [-0.05, 0) is 62.1 Å². The largest absolute Gasteiger partial charge is 0.324 e. The van der Waals surface area contributed by atoms with Crippen molar-refractivity contribution in [2.45, 2.75) is 26.2 Å². The highest BCUT2D eigenvalue weighted by atomic mass is 19.1. The van der Waals surface area contributed by atoms with Gasteiger partial charge in [0.2, 0.25) is 11.8 Å². The van der Waals surface area contributed by atoms with Gasteiger partial charge in [-0.2, -0.15) is 0 Å². The third-order valence-electron chi connectivity index (χ3n) is 5.09. The lowest BCUT2D eigenvalue weighted by Crippen LogP contribution is -2.41. The summed E-state index contributed by atoms with van der Waals surface area (Å²) in [6.07, 6.45) is 2.52. The number of aliphatic imine (C=N–C) groups is 1. The van der Waals surface area contributed by atoms with Crippen LogP contribution in [0.25, 0.3) is 0 Å². The molecule has 0 aromatic heterocycles. The Morgan fingerprint density at radius 1 is 1.30 bits per heavy atom. The minimum atomic E-state index is -0.354. The number of anilines is 2. The molecule has 2 aliphatic rings. The molecule has 138 valence electrons. The van der Waals surface area contributed by atoms with Crippen LogP contribution in [0, 0.1) is 18.7 Å². The predicted molar refractivity (Wildman–Crippen MR) is 103 cm³/mol. The highest BCUT2D eigenvalue weighted by molar-refractivity contribution is 6.16. The molecule has 0 saturated heterocycles. The summed E-state index contributed by atoms with van der Waals surface area (Å²) in [6, 6.07) is 11.6. The number of carbonyl (C=O) groups excluding carboxylic acids is 2. The molecule has 2 amide bonds. The Balaban J connectivity index is 1.61. The van der Waals surface area contributed by atoms with Gasteiger partial charge in [0.05, 0.1) is 17.3 Å². The second kappa shape index (κ2) is 6.95. The maximum atomic E-state index is 13.3. The number of halogens is 1. The SMILES string of the molecule is Cc1cc(F)ccc1NC(=O)CN1C(=O)[C@H]2CCCC2=Nc2ccccc21. The molecule has 1 saturated carbocycles. The molecule has 0 spiro atoms. The lowest BCUT2D eigenvalue weighted by Gasteiger charge is -2.24. The lowest BCUT2D eigenvalue weighted by molar-refractivity contribution is -0.122. The van der Waals surface area contributed by atoms with E-state index in [4.69, 9.17) is 4.99 Å². The molecule has 2 aromatic rings. The zero-order valence-electron chi connectivity index (χ0n) is 15.0. The molecule has 6 heteroatoms. The second-order valence-corrected chi connectivity index (χ2v) is 6.97. The quantitative estimate of drug-likeness (QED) is 0.894. The van der Waals surface area contributed by atoms with Crippen molar-refractivity contribution in [3.63, 3.8) is 0 Å². The molecular formula is C21H20FN3O2. The zero-order valence-corrected chi connectivity index (χ0v) is 15.0. The minimum Gasteiger partial charge on any atom is -0.324 e. The van der Waals surface area contributed by atoms with Crippen LogP contribution in [0.15, 0.2) is 47.5 Å². The molecule has 0 bridgehead atoms. The number of aryl methyl sites for hydroxylation is 1. The zero-order chi connectivity index (χ0) is 19.0. The van der Waals surface area contributed by atoms with Crippen molar-refractivity contribution in [2.75, 3.05) is 16.8 Å². The van der Waals surface area contributed by atoms with Gasteiger partial charge in [0.15, 0.2) is 0 Å². The number of benzene rings is 2. The molecule has 1 aliphatic heterocycles. The van der Waals surface area contributed by atoms with Gasteiger partial charge in [-0.3, -0.25) is 14.6 Å². The Kier molecular flexibility index (Phi) is 4.48. The number of nitrogens with zero attached hydrogens (tertiary/aromatic N) is 2. The molecule has 2 aromatic carbocycles. The Labute approximate surface area is 156 Å². The number of carbonyl (C=O) groups is 2. The molecule has 1 atom stereocenters. The summed E-state index contributed by atoms with van der Waals surface area (Å²) in [7, 11) is 0. The number of para-hydroxylation sites is 2. The molecule has 1 fully saturated rings. The predicted octanol–water partition coefficient (Wildman–Crippen LogP) is 3.99. The molecule has 1 aliphatic carbocycles. The van der Waals surface area contributed by atoms with Crippen LogP contribution in [-0.4, -0.2) is 24.1 Å².